The van der Waals surface area contributed by atoms with E-state index in [1.807, 2.05) is 27.7 Å². The fourth-order valence-electron chi connectivity index (χ4n) is 1.71. The first-order valence-electron chi connectivity index (χ1n) is 6.18. The molecule has 0 aromatic carbocycles. The minimum atomic E-state index is -1.35. The van der Waals surface area contributed by atoms with Gasteiger partial charge in [0.05, 0.1) is 11.2 Å². The van der Waals surface area contributed by atoms with Gasteiger partial charge < -0.3 is 9.31 Å². The summed E-state index contributed by atoms with van der Waals surface area (Å²) < 4.78 is 50.4. The summed E-state index contributed by atoms with van der Waals surface area (Å²) in [7, 11) is -0.700. The quantitative estimate of drug-likeness (QED) is 0.618. The summed E-state index contributed by atoms with van der Waals surface area (Å²) in [6.45, 7) is 7.49. The van der Waals surface area contributed by atoms with E-state index in [1.165, 1.54) is 12.1 Å². The van der Waals surface area contributed by atoms with Crippen LogP contribution in [0.15, 0.2) is 12.0 Å². The van der Waals surface area contributed by atoms with Gasteiger partial charge in [-0.1, -0.05) is 5.98 Å². The van der Waals surface area contributed by atoms with Crippen LogP contribution >= 0.6 is 0 Å². The lowest BCUT2D eigenvalue weighted by molar-refractivity contribution is 0.00578. The summed E-state index contributed by atoms with van der Waals surface area (Å²) in [5, 5.41) is 0. The molecule has 7 heteroatoms. The Bertz CT molecular complexity index is 545. The zero-order valence-corrected chi connectivity index (χ0v) is 11.7. The smallest absolute Gasteiger partial charge is 0.400 e. The Morgan fingerprint density at radius 1 is 1.05 bits per heavy atom. The highest BCUT2D eigenvalue weighted by Crippen LogP contribution is 2.37. The van der Waals surface area contributed by atoms with E-state index in [0.717, 1.165) is 0 Å². The Labute approximate surface area is 115 Å². The first-order valence-corrected chi connectivity index (χ1v) is 6.18. The second-order valence-electron chi connectivity index (χ2n) is 5.61. The lowest BCUT2D eigenvalue weighted by atomic mass is 9.89. The SMILES string of the molecule is CC1(C)OB(/C=C/c2nc(F)c(F)cc2F)OC1(C)C. The molecule has 0 N–H and O–H groups in total. The Balaban J connectivity index is 2.18. The largest absolute Gasteiger partial charge is 0.487 e. The van der Waals surface area contributed by atoms with E-state index in [4.69, 9.17) is 9.31 Å². The Morgan fingerprint density at radius 3 is 2.15 bits per heavy atom. The monoisotopic (exact) mass is 285 g/mol. The van der Waals surface area contributed by atoms with Crippen molar-refractivity contribution in [3.8, 4) is 0 Å². The third-order valence-electron chi connectivity index (χ3n) is 3.60. The molecule has 0 saturated carbocycles. The first kappa shape index (κ1) is 15.1. The van der Waals surface area contributed by atoms with E-state index in [9.17, 15) is 13.2 Å². The van der Waals surface area contributed by atoms with Crippen molar-refractivity contribution >= 4 is 13.2 Å². The van der Waals surface area contributed by atoms with Crippen LogP contribution < -0.4 is 0 Å². The molecule has 1 saturated heterocycles. The van der Waals surface area contributed by atoms with Crippen molar-refractivity contribution in [1.82, 2.24) is 4.98 Å². The number of hydrogen-bond acceptors (Lipinski definition) is 3. The molecule has 0 unspecified atom stereocenters. The van der Waals surface area contributed by atoms with Gasteiger partial charge in [0, 0.05) is 6.07 Å². The highest BCUT2D eigenvalue weighted by atomic mass is 19.2. The molecule has 1 aromatic heterocycles. The second kappa shape index (κ2) is 4.89. The number of halogens is 3. The van der Waals surface area contributed by atoms with Gasteiger partial charge in [-0.15, -0.1) is 0 Å². The molecule has 1 aliphatic rings. The standard InChI is InChI=1S/C13H15BF3NO2/c1-12(2)13(3,4)20-14(19-12)6-5-10-8(15)7-9(16)11(17)18-10/h5-7H,1-4H3/b6-5+. The van der Waals surface area contributed by atoms with Crippen LogP contribution in [0.4, 0.5) is 13.2 Å². The summed E-state index contributed by atoms with van der Waals surface area (Å²) in [5.41, 5.74) is -1.36. The number of pyridine rings is 1. The molecule has 3 nitrogen and oxygen atoms in total. The van der Waals surface area contributed by atoms with Gasteiger partial charge in [0.25, 0.3) is 0 Å². The van der Waals surface area contributed by atoms with Crippen molar-refractivity contribution in [1.29, 1.82) is 0 Å². The molecule has 2 heterocycles. The molecule has 0 bridgehead atoms. The predicted molar refractivity (Wildman–Crippen MR) is 69.2 cm³/mol. The lowest BCUT2D eigenvalue weighted by Crippen LogP contribution is -2.41. The number of nitrogens with zero attached hydrogens (tertiary/aromatic N) is 1. The zero-order chi connectivity index (χ0) is 15.1. The van der Waals surface area contributed by atoms with E-state index in [2.05, 4.69) is 4.98 Å². The second-order valence-corrected chi connectivity index (χ2v) is 5.61. The third kappa shape index (κ3) is 2.74. The van der Waals surface area contributed by atoms with Gasteiger partial charge in [-0.3, -0.25) is 0 Å². The normalized spacial score (nSPS) is 20.9. The molecule has 1 aromatic rings. The van der Waals surface area contributed by atoms with Crippen LogP contribution in [-0.2, 0) is 9.31 Å². The van der Waals surface area contributed by atoms with E-state index in [0.29, 0.717) is 6.07 Å². The van der Waals surface area contributed by atoms with Crippen molar-refractivity contribution in [3.05, 3.63) is 35.3 Å². The van der Waals surface area contributed by atoms with Crippen molar-refractivity contribution in [2.24, 2.45) is 0 Å². The molecule has 2 rings (SSSR count). The third-order valence-corrected chi connectivity index (χ3v) is 3.60. The minimum absolute atomic E-state index is 0.307. The van der Waals surface area contributed by atoms with Gasteiger partial charge in [-0.2, -0.15) is 4.39 Å². The van der Waals surface area contributed by atoms with Crippen LogP contribution in [-0.4, -0.2) is 23.3 Å². The zero-order valence-electron chi connectivity index (χ0n) is 11.7. The minimum Gasteiger partial charge on any atom is -0.400 e. The highest BCUT2D eigenvalue weighted by molar-refractivity contribution is 6.52. The van der Waals surface area contributed by atoms with E-state index in [1.54, 1.807) is 0 Å². The van der Waals surface area contributed by atoms with Gasteiger partial charge in [-0.05, 0) is 33.8 Å². The maximum absolute atomic E-state index is 13.4. The van der Waals surface area contributed by atoms with Gasteiger partial charge >= 0.3 is 7.12 Å². The van der Waals surface area contributed by atoms with Gasteiger partial charge in [-0.25, -0.2) is 13.8 Å². The molecule has 1 fully saturated rings. The van der Waals surface area contributed by atoms with Crippen LogP contribution in [0.2, 0.25) is 0 Å². The van der Waals surface area contributed by atoms with Crippen molar-refractivity contribution < 1.29 is 22.5 Å². The molecular formula is C13H15BF3NO2. The maximum atomic E-state index is 13.4. The number of hydrogen-bond donors (Lipinski definition) is 0. The lowest BCUT2D eigenvalue weighted by Gasteiger charge is -2.32. The van der Waals surface area contributed by atoms with Gasteiger partial charge in [0.2, 0.25) is 5.95 Å². The van der Waals surface area contributed by atoms with E-state index < -0.39 is 35.9 Å². The summed E-state index contributed by atoms with van der Waals surface area (Å²) in [4.78, 5) is 3.19. The van der Waals surface area contributed by atoms with Crippen LogP contribution in [0.25, 0.3) is 6.08 Å². The predicted octanol–water partition coefficient (Wildman–Crippen LogP) is 3.14. The fraction of sp³-hybridized carbons (Fsp3) is 0.462. The maximum Gasteiger partial charge on any atom is 0.487 e. The Kier molecular flexibility index (Phi) is 3.68. The molecule has 0 amide bonds. The van der Waals surface area contributed by atoms with Gasteiger partial charge in [0.15, 0.2) is 11.6 Å². The van der Waals surface area contributed by atoms with Crippen LogP contribution in [0.1, 0.15) is 33.4 Å². The van der Waals surface area contributed by atoms with E-state index >= 15 is 0 Å². The molecule has 20 heavy (non-hydrogen) atoms. The summed E-state index contributed by atoms with van der Waals surface area (Å²) in [5.74, 6) is -2.20. The number of rotatable bonds is 2. The van der Waals surface area contributed by atoms with Crippen LogP contribution in [0.3, 0.4) is 0 Å². The number of aromatic nitrogens is 1. The van der Waals surface area contributed by atoms with E-state index in [-0.39, 0.29) is 5.69 Å². The van der Waals surface area contributed by atoms with Crippen molar-refractivity contribution in [2.75, 3.05) is 0 Å². The molecule has 108 valence electrons. The highest BCUT2D eigenvalue weighted by Gasteiger charge is 2.50. The first-order chi connectivity index (χ1) is 9.12. The summed E-state index contributed by atoms with van der Waals surface area (Å²) in [6.07, 6.45) is 1.21. The van der Waals surface area contributed by atoms with Gasteiger partial charge in [0.1, 0.15) is 5.69 Å². The molecular weight excluding hydrogens is 270 g/mol. The molecule has 0 atom stereocenters. The Morgan fingerprint density at radius 2 is 1.60 bits per heavy atom. The average Bonchev–Trinajstić information content (AvgIpc) is 2.51. The molecule has 1 aliphatic heterocycles. The molecule has 0 aliphatic carbocycles. The van der Waals surface area contributed by atoms with Crippen LogP contribution in [0.5, 0.6) is 0 Å². The molecule has 0 radical (unpaired) electrons. The summed E-state index contributed by atoms with van der Waals surface area (Å²) >= 11 is 0. The topological polar surface area (TPSA) is 31.4 Å². The van der Waals surface area contributed by atoms with Crippen molar-refractivity contribution in [2.45, 2.75) is 38.9 Å². The fourth-order valence-corrected chi connectivity index (χ4v) is 1.71. The summed E-state index contributed by atoms with van der Waals surface area (Å²) in [6, 6.07) is 0.451. The average molecular weight is 285 g/mol. The Hall–Kier alpha value is -1.34. The van der Waals surface area contributed by atoms with Crippen LogP contribution in [0, 0.1) is 17.6 Å². The molecule has 0 spiro atoms. The van der Waals surface area contributed by atoms with Crippen molar-refractivity contribution in [3.63, 3.8) is 0 Å².